The van der Waals surface area contributed by atoms with Gasteiger partial charge in [0.15, 0.2) is 0 Å². The summed E-state index contributed by atoms with van der Waals surface area (Å²) in [4.78, 5) is 4.22. The Morgan fingerprint density at radius 2 is 2.05 bits per heavy atom. The van der Waals surface area contributed by atoms with E-state index in [1.54, 1.807) is 12.3 Å². The molecule has 19 heavy (non-hydrogen) atoms. The number of halogens is 2. The molecule has 0 saturated heterocycles. The van der Waals surface area contributed by atoms with Gasteiger partial charge in [0, 0.05) is 11.9 Å². The molecule has 1 heterocycles. The number of hydrogen-bond acceptors (Lipinski definition) is 3. The van der Waals surface area contributed by atoms with Gasteiger partial charge < -0.3 is 10.1 Å². The summed E-state index contributed by atoms with van der Waals surface area (Å²) in [6.45, 7) is 2.82. The van der Waals surface area contributed by atoms with E-state index in [4.69, 9.17) is 16.3 Å². The maximum Gasteiger partial charge on any atom is 0.144 e. The molecule has 0 saturated carbocycles. The fourth-order valence-electron chi connectivity index (χ4n) is 1.50. The summed E-state index contributed by atoms with van der Waals surface area (Å²) < 4.78 is 6.35. The van der Waals surface area contributed by atoms with Crippen LogP contribution in [0.25, 0.3) is 0 Å². The molecule has 1 aromatic heterocycles. The molecule has 0 bridgehead atoms. The van der Waals surface area contributed by atoms with Gasteiger partial charge in [-0.25, -0.2) is 4.98 Å². The molecule has 5 heteroatoms. The maximum absolute atomic E-state index is 5.85. The van der Waals surface area contributed by atoms with Crippen LogP contribution in [0.3, 0.4) is 0 Å². The van der Waals surface area contributed by atoms with Crippen molar-refractivity contribution in [1.29, 1.82) is 0 Å². The van der Waals surface area contributed by atoms with Crippen LogP contribution >= 0.6 is 27.5 Å². The van der Waals surface area contributed by atoms with E-state index in [-0.39, 0.29) is 0 Å². The Morgan fingerprint density at radius 1 is 1.32 bits per heavy atom. The fraction of sp³-hybridized carbons (Fsp3) is 0.214. The molecule has 0 aliphatic carbocycles. The van der Waals surface area contributed by atoms with Crippen molar-refractivity contribution in [2.75, 3.05) is 11.9 Å². The second-order valence-electron chi connectivity index (χ2n) is 3.98. The van der Waals surface area contributed by atoms with Gasteiger partial charge in [-0.15, -0.1) is 0 Å². The predicted molar refractivity (Wildman–Crippen MR) is 82.5 cm³/mol. The minimum absolute atomic E-state index is 0.598. The molecule has 100 valence electrons. The van der Waals surface area contributed by atoms with Crippen LogP contribution in [-0.2, 0) is 0 Å². The molecule has 0 amide bonds. The average molecular weight is 342 g/mol. The van der Waals surface area contributed by atoms with Crippen molar-refractivity contribution in [2.24, 2.45) is 0 Å². The van der Waals surface area contributed by atoms with E-state index >= 15 is 0 Å². The van der Waals surface area contributed by atoms with Gasteiger partial charge in [0.1, 0.15) is 11.6 Å². The normalized spacial score (nSPS) is 10.3. The molecule has 0 spiro atoms. The van der Waals surface area contributed by atoms with Crippen molar-refractivity contribution >= 4 is 39.0 Å². The number of anilines is 2. The zero-order valence-corrected chi connectivity index (χ0v) is 12.8. The van der Waals surface area contributed by atoms with E-state index < -0.39 is 0 Å². The van der Waals surface area contributed by atoms with E-state index in [2.05, 4.69) is 33.2 Å². The number of nitrogens with one attached hydrogen (secondary N) is 1. The molecule has 0 aliphatic heterocycles. The van der Waals surface area contributed by atoms with Gasteiger partial charge in [-0.2, -0.15) is 0 Å². The zero-order valence-electron chi connectivity index (χ0n) is 10.5. The topological polar surface area (TPSA) is 34.1 Å². The number of hydrogen-bond donors (Lipinski definition) is 1. The average Bonchev–Trinajstić information content (AvgIpc) is 2.41. The highest BCUT2D eigenvalue weighted by atomic mass is 79.9. The molecule has 0 fully saturated rings. The number of rotatable bonds is 5. The van der Waals surface area contributed by atoms with Gasteiger partial charge in [0.25, 0.3) is 0 Å². The van der Waals surface area contributed by atoms with E-state index in [1.165, 1.54) is 0 Å². The largest absolute Gasteiger partial charge is 0.494 e. The maximum atomic E-state index is 5.85. The predicted octanol–water partition coefficient (Wildman–Crippen LogP) is 5.03. The summed E-state index contributed by atoms with van der Waals surface area (Å²) in [5.41, 5.74) is 0.944. The first-order valence-corrected chi connectivity index (χ1v) is 7.17. The Morgan fingerprint density at radius 3 is 2.68 bits per heavy atom. The molecule has 2 aromatic rings. The van der Waals surface area contributed by atoms with Crippen molar-refractivity contribution in [2.45, 2.75) is 13.3 Å². The highest BCUT2D eigenvalue weighted by Gasteiger charge is 2.03. The first kappa shape index (κ1) is 14.2. The molecule has 0 radical (unpaired) electrons. The number of pyridine rings is 1. The lowest BCUT2D eigenvalue weighted by Gasteiger charge is -2.09. The van der Waals surface area contributed by atoms with Crippen molar-refractivity contribution in [3.8, 4) is 5.75 Å². The molecule has 2 rings (SSSR count). The smallest absolute Gasteiger partial charge is 0.144 e. The van der Waals surface area contributed by atoms with Gasteiger partial charge in [-0.05, 0) is 52.7 Å². The number of nitrogens with zero attached hydrogens (tertiary/aromatic N) is 1. The van der Waals surface area contributed by atoms with Crippen LogP contribution in [0, 0.1) is 0 Å². The molecule has 0 unspecified atom stereocenters. The monoisotopic (exact) mass is 340 g/mol. The second-order valence-corrected chi connectivity index (χ2v) is 5.27. The molecular formula is C14H14BrClN2O. The Labute approximate surface area is 126 Å². The summed E-state index contributed by atoms with van der Waals surface area (Å²) >= 11 is 9.27. The lowest BCUT2D eigenvalue weighted by molar-refractivity contribution is 0.317. The highest BCUT2D eigenvalue weighted by molar-refractivity contribution is 9.10. The van der Waals surface area contributed by atoms with Crippen LogP contribution in [0.1, 0.15) is 13.3 Å². The molecule has 1 aromatic carbocycles. The van der Waals surface area contributed by atoms with Crippen LogP contribution in [0.4, 0.5) is 11.5 Å². The molecular weight excluding hydrogens is 328 g/mol. The minimum atomic E-state index is 0.598. The third kappa shape index (κ3) is 4.11. The SMILES string of the molecule is CCCOc1ccc(Nc2ncc(Cl)cc2Br)cc1. The first-order valence-electron chi connectivity index (χ1n) is 6.00. The lowest BCUT2D eigenvalue weighted by atomic mass is 10.3. The third-order valence-electron chi connectivity index (χ3n) is 2.40. The third-order valence-corrected chi connectivity index (χ3v) is 3.21. The summed E-state index contributed by atoms with van der Waals surface area (Å²) in [7, 11) is 0. The molecule has 0 atom stereocenters. The van der Waals surface area contributed by atoms with Crippen molar-refractivity contribution < 1.29 is 4.74 Å². The number of ether oxygens (including phenoxy) is 1. The van der Waals surface area contributed by atoms with Crippen LogP contribution in [-0.4, -0.2) is 11.6 Å². The van der Waals surface area contributed by atoms with Gasteiger partial charge >= 0.3 is 0 Å². The highest BCUT2D eigenvalue weighted by Crippen LogP contribution is 2.26. The van der Waals surface area contributed by atoms with Gasteiger partial charge in [-0.1, -0.05) is 18.5 Å². The van der Waals surface area contributed by atoms with E-state index in [0.29, 0.717) is 5.02 Å². The van der Waals surface area contributed by atoms with Crippen LogP contribution in [0.2, 0.25) is 5.02 Å². The first-order chi connectivity index (χ1) is 9.19. The Kier molecular flexibility index (Phi) is 5.05. The fourth-order valence-corrected chi connectivity index (χ4v) is 2.24. The van der Waals surface area contributed by atoms with Crippen LogP contribution < -0.4 is 10.1 Å². The molecule has 3 nitrogen and oxygen atoms in total. The van der Waals surface area contributed by atoms with E-state index in [9.17, 15) is 0 Å². The number of benzene rings is 1. The van der Waals surface area contributed by atoms with Crippen LogP contribution in [0.5, 0.6) is 5.75 Å². The second kappa shape index (κ2) is 6.78. The van der Waals surface area contributed by atoms with Gasteiger partial charge in [-0.3, -0.25) is 0 Å². The van der Waals surface area contributed by atoms with Gasteiger partial charge in [0.2, 0.25) is 0 Å². The van der Waals surface area contributed by atoms with E-state index in [1.807, 2.05) is 24.3 Å². The zero-order chi connectivity index (χ0) is 13.7. The van der Waals surface area contributed by atoms with Gasteiger partial charge in [0.05, 0.1) is 16.1 Å². The summed E-state index contributed by atoms with van der Waals surface area (Å²) in [5.74, 6) is 1.60. The minimum Gasteiger partial charge on any atom is -0.494 e. The quantitative estimate of drug-likeness (QED) is 0.828. The Bertz CT molecular complexity index is 546. The summed E-state index contributed by atoms with van der Waals surface area (Å²) in [5, 5.41) is 3.81. The Hall–Kier alpha value is -1.26. The lowest BCUT2D eigenvalue weighted by Crippen LogP contribution is -1.96. The van der Waals surface area contributed by atoms with Crippen molar-refractivity contribution in [3.05, 3.63) is 46.0 Å². The standard InChI is InChI=1S/C14H14BrClN2O/c1-2-7-19-12-5-3-11(4-6-12)18-14-13(15)8-10(16)9-17-14/h3-6,8-9H,2,7H2,1H3,(H,17,18). The van der Waals surface area contributed by atoms with Crippen molar-refractivity contribution in [3.63, 3.8) is 0 Å². The van der Waals surface area contributed by atoms with E-state index in [0.717, 1.165) is 34.8 Å². The van der Waals surface area contributed by atoms with Crippen LogP contribution in [0.15, 0.2) is 41.0 Å². The molecule has 1 N–H and O–H groups in total. The molecule has 0 aliphatic rings. The van der Waals surface area contributed by atoms with Crippen molar-refractivity contribution in [1.82, 2.24) is 4.98 Å². The summed E-state index contributed by atoms with van der Waals surface area (Å²) in [6.07, 6.45) is 2.61. The Balaban J connectivity index is 2.06. The summed E-state index contributed by atoms with van der Waals surface area (Å²) in [6, 6.07) is 9.57. The number of aromatic nitrogens is 1.